The van der Waals surface area contributed by atoms with Crippen molar-refractivity contribution in [2.45, 2.75) is 6.42 Å². The molecule has 5 nitrogen and oxygen atoms in total. The first-order valence-electron chi connectivity index (χ1n) is 6.82. The Bertz CT molecular complexity index is 793. The van der Waals surface area contributed by atoms with Crippen LogP contribution in [0.3, 0.4) is 0 Å². The summed E-state index contributed by atoms with van der Waals surface area (Å²) in [5, 5.41) is 15.7. The number of hydrogen-bond donors (Lipinski definition) is 2. The highest BCUT2D eigenvalue weighted by Gasteiger charge is 2.33. The van der Waals surface area contributed by atoms with E-state index in [0.717, 1.165) is 5.56 Å². The van der Waals surface area contributed by atoms with E-state index in [-0.39, 0.29) is 5.90 Å². The Morgan fingerprint density at radius 1 is 1.26 bits per heavy atom. The van der Waals surface area contributed by atoms with E-state index in [9.17, 15) is 4.79 Å². The molecule has 0 saturated carbocycles. The third kappa shape index (κ3) is 3.25. The molecule has 0 unspecified atom stereocenters. The second kappa shape index (κ2) is 6.48. The number of benzene rings is 2. The van der Waals surface area contributed by atoms with Crippen molar-refractivity contribution in [2.24, 2.45) is 11.1 Å². The molecule has 0 aromatic heterocycles. The zero-order valence-electron chi connectivity index (χ0n) is 11.8. The van der Waals surface area contributed by atoms with E-state index in [2.05, 4.69) is 10.5 Å². The molecule has 2 aromatic rings. The van der Waals surface area contributed by atoms with Gasteiger partial charge in [-0.05, 0) is 36.2 Å². The van der Waals surface area contributed by atoms with Gasteiger partial charge in [-0.25, -0.2) is 0 Å². The maximum absolute atomic E-state index is 12.5. The van der Waals surface area contributed by atoms with E-state index in [0.29, 0.717) is 27.9 Å². The summed E-state index contributed by atoms with van der Waals surface area (Å²) < 4.78 is 5.49. The second-order valence-corrected chi connectivity index (χ2v) is 5.86. The van der Waals surface area contributed by atoms with Crippen LogP contribution >= 0.6 is 23.2 Å². The number of ether oxygens (including phenoxy) is 1. The summed E-state index contributed by atoms with van der Waals surface area (Å²) in [4.78, 5) is 12.5. The van der Waals surface area contributed by atoms with E-state index < -0.39 is 11.8 Å². The normalized spacial score (nSPS) is 18.2. The smallest absolute Gasteiger partial charge is 0.243 e. The summed E-state index contributed by atoms with van der Waals surface area (Å²) in [6.07, 6.45) is 0.361. The Labute approximate surface area is 142 Å². The molecule has 0 aliphatic carbocycles. The van der Waals surface area contributed by atoms with Crippen molar-refractivity contribution >= 4 is 40.7 Å². The summed E-state index contributed by atoms with van der Waals surface area (Å²) in [6.45, 7) is 0. The number of carbonyl (C=O) groups excluding carboxylic acids is 1. The minimum atomic E-state index is -0.759. The Hall–Kier alpha value is -2.24. The van der Waals surface area contributed by atoms with Gasteiger partial charge in [-0.3, -0.25) is 4.79 Å². The van der Waals surface area contributed by atoms with Crippen LogP contribution in [0.1, 0.15) is 5.56 Å². The Morgan fingerprint density at radius 2 is 2.04 bits per heavy atom. The number of amides is 1. The maximum atomic E-state index is 12.5. The Kier molecular flexibility index (Phi) is 4.41. The number of halogens is 2. The number of carbonyl (C=O) groups is 1. The number of anilines is 1. The molecule has 1 amide bonds. The van der Waals surface area contributed by atoms with Crippen molar-refractivity contribution in [3.05, 3.63) is 58.1 Å². The molecule has 23 heavy (non-hydrogen) atoms. The first kappa shape index (κ1) is 15.6. The summed E-state index contributed by atoms with van der Waals surface area (Å²) >= 11 is 12.0. The molecule has 0 fully saturated rings. The molecule has 118 valence electrons. The number of rotatable bonds is 2. The van der Waals surface area contributed by atoms with Gasteiger partial charge >= 0.3 is 0 Å². The van der Waals surface area contributed by atoms with Gasteiger partial charge in [0.25, 0.3) is 0 Å². The van der Waals surface area contributed by atoms with Gasteiger partial charge in [0.05, 0.1) is 10.7 Å². The molecule has 2 aromatic carbocycles. The Balaban J connectivity index is 1.85. The topological polar surface area (TPSA) is 70.9 Å². The number of oxime groups is 1. The van der Waals surface area contributed by atoms with Crippen LogP contribution in [-0.4, -0.2) is 17.0 Å². The van der Waals surface area contributed by atoms with Crippen LogP contribution < -0.4 is 10.1 Å². The van der Waals surface area contributed by atoms with Crippen LogP contribution in [0.2, 0.25) is 10.0 Å². The minimum Gasteiger partial charge on any atom is -0.439 e. The SMILES string of the molecule is O=C(Nc1cc(Cl)ccc1Cl)[C@H]1Cc2ccccc2O/C1=N/O. The molecule has 0 bridgehead atoms. The largest absolute Gasteiger partial charge is 0.439 e. The van der Waals surface area contributed by atoms with Gasteiger partial charge in [0.15, 0.2) is 0 Å². The van der Waals surface area contributed by atoms with Crippen molar-refractivity contribution in [2.75, 3.05) is 5.32 Å². The van der Waals surface area contributed by atoms with E-state index in [1.165, 1.54) is 0 Å². The van der Waals surface area contributed by atoms with Crippen LogP contribution in [0, 0.1) is 5.92 Å². The van der Waals surface area contributed by atoms with E-state index in [1.807, 2.05) is 12.1 Å². The fourth-order valence-corrected chi connectivity index (χ4v) is 2.71. The average molecular weight is 351 g/mol. The van der Waals surface area contributed by atoms with Crippen LogP contribution in [0.15, 0.2) is 47.6 Å². The van der Waals surface area contributed by atoms with E-state index in [1.54, 1.807) is 30.3 Å². The fourth-order valence-electron chi connectivity index (χ4n) is 2.37. The van der Waals surface area contributed by atoms with Crippen molar-refractivity contribution in [1.29, 1.82) is 0 Å². The lowest BCUT2D eigenvalue weighted by Gasteiger charge is -2.24. The number of para-hydroxylation sites is 1. The molecular formula is C16H12Cl2N2O3. The predicted octanol–water partition coefficient (Wildman–Crippen LogP) is 3.97. The molecule has 3 rings (SSSR count). The highest BCUT2D eigenvalue weighted by Crippen LogP contribution is 2.30. The molecule has 0 spiro atoms. The number of nitrogens with one attached hydrogen (secondary N) is 1. The lowest BCUT2D eigenvalue weighted by Crippen LogP contribution is -2.37. The number of fused-ring (bicyclic) bond motifs is 1. The van der Waals surface area contributed by atoms with Crippen molar-refractivity contribution < 1.29 is 14.7 Å². The first-order chi connectivity index (χ1) is 11.1. The molecule has 1 atom stereocenters. The van der Waals surface area contributed by atoms with Crippen LogP contribution in [0.25, 0.3) is 0 Å². The summed E-state index contributed by atoms with van der Waals surface area (Å²) in [6, 6.07) is 12.0. The number of nitrogens with zero attached hydrogens (tertiary/aromatic N) is 1. The molecule has 1 aliphatic rings. The van der Waals surface area contributed by atoms with Gasteiger partial charge in [-0.2, -0.15) is 0 Å². The predicted molar refractivity (Wildman–Crippen MR) is 88.6 cm³/mol. The molecule has 0 radical (unpaired) electrons. The highest BCUT2D eigenvalue weighted by molar-refractivity contribution is 6.35. The second-order valence-electron chi connectivity index (χ2n) is 5.02. The standard InChI is InChI=1S/C16H12Cl2N2O3/c17-10-5-6-12(18)13(8-10)19-15(21)11-7-9-3-1-2-4-14(9)23-16(11)20-22/h1-6,8,11,22H,7H2,(H,19,21)/b20-16+/t11-/m1/s1. The van der Waals surface area contributed by atoms with Gasteiger partial charge in [-0.15, -0.1) is 0 Å². The molecule has 2 N–H and O–H groups in total. The van der Waals surface area contributed by atoms with Gasteiger partial charge in [0.1, 0.15) is 11.7 Å². The van der Waals surface area contributed by atoms with Gasteiger partial charge in [0, 0.05) is 5.02 Å². The lowest BCUT2D eigenvalue weighted by molar-refractivity contribution is -0.118. The van der Waals surface area contributed by atoms with Crippen LogP contribution in [0.4, 0.5) is 5.69 Å². The summed E-state index contributed by atoms with van der Waals surface area (Å²) in [7, 11) is 0. The molecule has 1 aliphatic heterocycles. The summed E-state index contributed by atoms with van der Waals surface area (Å²) in [5.74, 6) is -0.633. The average Bonchev–Trinajstić information content (AvgIpc) is 2.56. The van der Waals surface area contributed by atoms with Crippen LogP contribution in [-0.2, 0) is 11.2 Å². The number of hydrogen-bond acceptors (Lipinski definition) is 4. The molecule has 0 saturated heterocycles. The molecule has 1 heterocycles. The first-order valence-corrected chi connectivity index (χ1v) is 7.57. The zero-order valence-corrected chi connectivity index (χ0v) is 13.3. The van der Waals surface area contributed by atoms with Crippen molar-refractivity contribution in [1.82, 2.24) is 0 Å². The van der Waals surface area contributed by atoms with E-state index >= 15 is 0 Å². The van der Waals surface area contributed by atoms with E-state index in [4.69, 9.17) is 33.1 Å². The fraction of sp³-hybridized carbons (Fsp3) is 0.125. The van der Waals surface area contributed by atoms with Gasteiger partial charge in [-0.1, -0.05) is 46.6 Å². The van der Waals surface area contributed by atoms with Gasteiger partial charge in [0.2, 0.25) is 11.8 Å². The monoisotopic (exact) mass is 350 g/mol. The molecular weight excluding hydrogens is 339 g/mol. The summed E-state index contributed by atoms with van der Waals surface area (Å²) in [5.41, 5.74) is 1.25. The van der Waals surface area contributed by atoms with Crippen LogP contribution in [0.5, 0.6) is 5.75 Å². The third-order valence-electron chi connectivity index (χ3n) is 3.51. The quantitative estimate of drug-likeness (QED) is 0.635. The molecule has 7 heteroatoms. The highest BCUT2D eigenvalue weighted by atomic mass is 35.5. The van der Waals surface area contributed by atoms with Crippen molar-refractivity contribution in [3.63, 3.8) is 0 Å². The minimum absolute atomic E-state index is 0.0562. The third-order valence-corrected chi connectivity index (χ3v) is 4.08. The van der Waals surface area contributed by atoms with Gasteiger partial charge < -0.3 is 15.3 Å². The maximum Gasteiger partial charge on any atom is 0.243 e. The zero-order chi connectivity index (χ0) is 16.4. The Morgan fingerprint density at radius 3 is 2.83 bits per heavy atom. The van der Waals surface area contributed by atoms with Crippen molar-refractivity contribution in [3.8, 4) is 5.75 Å². The lowest BCUT2D eigenvalue weighted by atomic mass is 9.95.